The van der Waals surface area contributed by atoms with Crippen LogP contribution in [0.15, 0.2) is 0 Å². The van der Waals surface area contributed by atoms with Gasteiger partial charge in [0.05, 0.1) is 15.9 Å². The van der Waals surface area contributed by atoms with Crippen LogP contribution in [0.5, 0.6) is 0 Å². The van der Waals surface area contributed by atoms with Crippen molar-refractivity contribution in [1.29, 1.82) is 0 Å². The number of rotatable bonds is 3. The van der Waals surface area contributed by atoms with Crippen LogP contribution < -0.4 is 34.9 Å². The van der Waals surface area contributed by atoms with Gasteiger partial charge in [0.2, 0.25) is 0 Å². The van der Waals surface area contributed by atoms with Crippen LogP contribution in [0.25, 0.3) is 0 Å². The Hall–Kier alpha value is 0.830. The fourth-order valence-electron chi connectivity index (χ4n) is 1.18. The van der Waals surface area contributed by atoms with Crippen molar-refractivity contribution in [2.45, 2.75) is 0 Å². The first-order chi connectivity index (χ1) is 5.58. The average Bonchev–Trinajstić information content (AvgIpc) is 2.02. The molecule has 72 valence electrons. The molecular formula is C6H13N2NaO3S. The molecule has 0 atom stereocenters. The Labute approximate surface area is 101 Å². The van der Waals surface area contributed by atoms with Gasteiger partial charge in [-0.15, -0.1) is 0 Å². The van der Waals surface area contributed by atoms with E-state index in [0.29, 0.717) is 6.54 Å². The number of hydrogen-bond donors (Lipinski definition) is 1. The predicted octanol–water partition coefficient (Wildman–Crippen LogP) is -4.56. The molecule has 7 heteroatoms. The van der Waals surface area contributed by atoms with Crippen LogP contribution in [0.3, 0.4) is 0 Å². The summed E-state index contributed by atoms with van der Waals surface area (Å²) in [6, 6.07) is 0. The summed E-state index contributed by atoms with van der Waals surface area (Å²) < 4.78 is 30.8. The number of nitrogens with one attached hydrogen (secondary N) is 1. The summed E-state index contributed by atoms with van der Waals surface area (Å²) in [7, 11) is -4.04. The van der Waals surface area contributed by atoms with Crippen LogP contribution in [0.2, 0.25) is 0 Å². The van der Waals surface area contributed by atoms with Crippen LogP contribution in [0.1, 0.15) is 0 Å². The van der Waals surface area contributed by atoms with Crippen LogP contribution in [-0.2, 0) is 10.1 Å². The smallest absolute Gasteiger partial charge is 0.748 e. The predicted molar refractivity (Wildman–Crippen MR) is 43.9 cm³/mol. The van der Waals surface area contributed by atoms with Crippen molar-refractivity contribution < 1.29 is 42.5 Å². The molecule has 1 rings (SSSR count). The summed E-state index contributed by atoms with van der Waals surface area (Å²) >= 11 is 0. The van der Waals surface area contributed by atoms with Crippen molar-refractivity contribution in [3.05, 3.63) is 0 Å². The molecular weight excluding hydrogens is 203 g/mol. The Balaban J connectivity index is 0.00000144. The van der Waals surface area contributed by atoms with E-state index < -0.39 is 10.1 Å². The van der Waals surface area contributed by atoms with Gasteiger partial charge in [-0.25, -0.2) is 8.42 Å². The molecule has 0 spiro atoms. The fourth-order valence-corrected chi connectivity index (χ4v) is 1.66. The number of piperazine rings is 1. The van der Waals surface area contributed by atoms with Gasteiger partial charge >= 0.3 is 29.6 Å². The second-order valence-electron chi connectivity index (χ2n) is 2.85. The molecule has 1 aliphatic rings. The van der Waals surface area contributed by atoms with Gasteiger partial charge in [-0.05, 0) is 0 Å². The molecule has 1 N–H and O–H groups in total. The summed E-state index contributed by atoms with van der Waals surface area (Å²) in [5, 5.41) is 3.14. The molecule has 0 aromatic rings. The van der Waals surface area contributed by atoms with E-state index in [1.165, 1.54) is 0 Å². The Kier molecular flexibility index (Phi) is 6.74. The van der Waals surface area contributed by atoms with Gasteiger partial charge in [0.15, 0.2) is 0 Å². The zero-order valence-electron chi connectivity index (χ0n) is 7.82. The average molecular weight is 216 g/mol. The van der Waals surface area contributed by atoms with Gasteiger partial charge in [-0.1, -0.05) is 0 Å². The molecule has 1 heterocycles. The minimum Gasteiger partial charge on any atom is -0.748 e. The van der Waals surface area contributed by atoms with E-state index in [-0.39, 0.29) is 35.3 Å². The molecule has 0 aliphatic carbocycles. The number of hydrogen-bond acceptors (Lipinski definition) is 5. The normalized spacial score (nSPS) is 19.5. The molecule has 0 aromatic heterocycles. The van der Waals surface area contributed by atoms with E-state index in [1.807, 2.05) is 4.90 Å². The van der Waals surface area contributed by atoms with Crippen molar-refractivity contribution in [3.63, 3.8) is 0 Å². The Morgan fingerprint density at radius 2 is 1.85 bits per heavy atom. The molecule has 1 aliphatic heterocycles. The molecule has 1 saturated heterocycles. The molecule has 0 aromatic carbocycles. The molecule has 0 bridgehead atoms. The van der Waals surface area contributed by atoms with Crippen molar-refractivity contribution in [2.75, 3.05) is 38.5 Å². The quantitative estimate of drug-likeness (QED) is 0.380. The first-order valence-corrected chi connectivity index (χ1v) is 5.52. The van der Waals surface area contributed by atoms with Crippen LogP contribution >= 0.6 is 0 Å². The SMILES string of the molecule is O=S(=O)([O-])CCN1CCNCC1.[Na+]. The third-order valence-corrected chi connectivity index (χ3v) is 2.55. The van der Waals surface area contributed by atoms with E-state index in [2.05, 4.69) is 5.32 Å². The van der Waals surface area contributed by atoms with E-state index in [4.69, 9.17) is 0 Å². The van der Waals surface area contributed by atoms with Gasteiger partial charge in [-0.3, -0.25) is 4.90 Å². The van der Waals surface area contributed by atoms with Crippen molar-refractivity contribution >= 4 is 10.1 Å². The minimum absolute atomic E-state index is 0. The van der Waals surface area contributed by atoms with Gasteiger partial charge in [0.25, 0.3) is 0 Å². The largest absolute Gasteiger partial charge is 1.00 e. The summed E-state index contributed by atoms with van der Waals surface area (Å²) in [6.45, 7) is 3.77. The maximum atomic E-state index is 10.3. The monoisotopic (exact) mass is 216 g/mol. The third kappa shape index (κ3) is 6.84. The second-order valence-corrected chi connectivity index (χ2v) is 4.38. The number of nitrogens with zero attached hydrogens (tertiary/aromatic N) is 1. The van der Waals surface area contributed by atoms with Crippen LogP contribution in [-0.4, -0.2) is 56.3 Å². The maximum Gasteiger partial charge on any atom is 1.00 e. The van der Waals surface area contributed by atoms with Crippen LogP contribution in [0, 0.1) is 0 Å². The zero-order chi connectivity index (χ0) is 9.03. The standard InChI is InChI=1S/C6H14N2O3S.Na/c9-12(10,11)6-5-8-3-1-7-2-4-8;/h7H,1-6H2,(H,9,10,11);/q;+1/p-1. The Morgan fingerprint density at radius 3 is 2.31 bits per heavy atom. The Bertz CT molecular complexity index is 226. The van der Waals surface area contributed by atoms with Gasteiger partial charge in [0, 0.05) is 32.7 Å². The van der Waals surface area contributed by atoms with E-state index in [1.54, 1.807) is 0 Å². The molecule has 0 unspecified atom stereocenters. The van der Waals surface area contributed by atoms with Gasteiger partial charge in [0.1, 0.15) is 0 Å². The van der Waals surface area contributed by atoms with Crippen molar-refractivity contribution in [1.82, 2.24) is 10.2 Å². The Morgan fingerprint density at radius 1 is 1.31 bits per heavy atom. The van der Waals surface area contributed by atoms with E-state index in [0.717, 1.165) is 26.2 Å². The van der Waals surface area contributed by atoms with Crippen molar-refractivity contribution in [2.24, 2.45) is 0 Å². The zero-order valence-corrected chi connectivity index (χ0v) is 10.6. The van der Waals surface area contributed by atoms with Gasteiger partial charge in [-0.2, -0.15) is 0 Å². The molecule has 0 saturated carbocycles. The molecule has 0 radical (unpaired) electrons. The van der Waals surface area contributed by atoms with Crippen molar-refractivity contribution in [3.8, 4) is 0 Å². The summed E-state index contributed by atoms with van der Waals surface area (Å²) in [6.07, 6.45) is 0. The molecule has 0 amide bonds. The topological polar surface area (TPSA) is 72.5 Å². The molecule has 1 fully saturated rings. The van der Waals surface area contributed by atoms with E-state index >= 15 is 0 Å². The summed E-state index contributed by atoms with van der Waals surface area (Å²) in [5.41, 5.74) is 0. The first-order valence-electron chi connectivity index (χ1n) is 3.94. The van der Waals surface area contributed by atoms with E-state index in [9.17, 15) is 13.0 Å². The maximum absolute atomic E-state index is 10.3. The second kappa shape index (κ2) is 6.34. The van der Waals surface area contributed by atoms with Gasteiger partial charge < -0.3 is 9.87 Å². The molecule has 5 nitrogen and oxygen atoms in total. The fraction of sp³-hybridized carbons (Fsp3) is 1.00. The minimum atomic E-state index is -4.04. The summed E-state index contributed by atoms with van der Waals surface area (Å²) in [4.78, 5) is 1.98. The van der Waals surface area contributed by atoms with Crippen LogP contribution in [0.4, 0.5) is 0 Å². The first kappa shape index (κ1) is 13.8. The molecule has 13 heavy (non-hydrogen) atoms. The summed E-state index contributed by atoms with van der Waals surface area (Å²) in [5.74, 6) is -0.271. The third-order valence-electron chi connectivity index (χ3n) is 1.87.